The summed E-state index contributed by atoms with van der Waals surface area (Å²) in [7, 11) is -1.20. The standard InChI is InChI=1S/C27H32N2O6S/c1-6-35-22-14-12-21(13-15-22)29(36(31,32)26-17-19(2)11-16-25(26)34-5)18-27(30)28-20(3)23-9-7-8-10-24(23)33-4/h7-17,20H,6,18H2,1-5H3,(H,28,30). The number of methoxy groups -OCH3 is 2. The highest BCUT2D eigenvalue weighted by Crippen LogP contribution is 2.32. The van der Waals surface area contributed by atoms with Gasteiger partial charge in [0, 0.05) is 5.56 Å². The first-order valence-electron chi connectivity index (χ1n) is 11.5. The fraction of sp³-hybridized carbons (Fsp3) is 0.296. The molecule has 3 aromatic rings. The Bertz CT molecular complexity index is 1290. The SMILES string of the molecule is CCOc1ccc(N(CC(=O)NC(C)c2ccccc2OC)S(=O)(=O)c2cc(C)ccc2OC)cc1. The van der Waals surface area contributed by atoms with Gasteiger partial charge in [0.05, 0.1) is 32.6 Å². The van der Waals surface area contributed by atoms with Crippen molar-refractivity contribution in [2.45, 2.75) is 31.7 Å². The number of anilines is 1. The maximum Gasteiger partial charge on any atom is 0.268 e. The van der Waals surface area contributed by atoms with Crippen molar-refractivity contribution in [3.63, 3.8) is 0 Å². The molecule has 0 aliphatic rings. The van der Waals surface area contributed by atoms with E-state index in [1.807, 2.05) is 32.0 Å². The second-order valence-corrected chi connectivity index (χ2v) is 9.95. The summed E-state index contributed by atoms with van der Waals surface area (Å²) >= 11 is 0. The monoisotopic (exact) mass is 512 g/mol. The van der Waals surface area contributed by atoms with E-state index in [0.29, 0.717) is 23.8 Å². The van der Waals surface area contributed by atoms with Gasteiger partial charge in [-0.3, -0.25) is 9.10 Å². The van der Waals surface area contributed by atoms with Crippen molar-refractivity contribution in [1.82, 2.24) is 5.32 Å². The minimum absolute atomic E-state index is 0.0236. The minimum atomic E-state index is -4.17. The van der Waals surface area contributed by atoms with Gasteiger partial charge < -0.3 is 19.5 Å². The second kappa shape index (κ2) is 11.8. The number of amides is 1. The van der Waals surface area contributed by atoms with Crippen LogP contribution in [-0.4, -0.2) is 41.7 Å². The molecule has 36 heavy (non-hydrogen) atoms. The van der Waals surface area contributed by atoms with Crippen molar-refractivity contribution in [3.05, 3.63) is 77.9 Å². The number of nitrogens with zero attached hydrogens (tertiary/aromatic N) is 1. The summed E-state index contributed by atoms with van der Waals surface area (Å²) in [4.78, 5) is 13.1. The Balaban J connectivity index is 1.97. The molecule has 0 saturated carbocycles. The highest BCUT2D eigenvalue weighted by atomic mass is 32.2. The predicted molar refractivity (Wildman–Crippen MR) is 139 cm³/mol. The van der Waals surface area contributed by atoms with E-state index in [-0.39, 0.29) is 10.6 Å². The molecular formula is C27H32N2O6S. The minimum Gasteiger partial charge on any atom is -0.496 e. The molecule has 0 aliphatic carbocycles. The highest BCUT2D eigenvalue weighted by molar-refractivity contribution is 7.93. The zero-order chi connectivity index (χ0) is 26.3. The summed E-state index contributed by atoms with van der Waals surface area (Å²) < 4.78 is 45.1. The summed E-state index contributed by atoms with van der Waals surface area (Å²) in [5, 5.41) is 2.89. The van der Waals surface area contributed by atoms with Gasteiger partial charge in [-0.25, -0.2) is 8.42 Å². The molecule has 0 saturated heterocycles. The van der Waals surface area contributed by atoms with Crippen LogP contribution in [0, 0.1) is 6.92 Å². The molecule has 0 bridgehead atoms. The molecule has 0 aromatic heterocycles. The van der Waals surface area contributed by atoms with E-state index >= 15 is 0 Å². The van der Waals surface area contributed by atoms with Crippen LogP contribution in [0.1, 0.15) is 31.0 Å². The molecule has 0 aliphatic heterocycles. The Hall–Kier alpha value is -3.72. The molecule has 3 aromatic carbocycles. The van der Waals surface area contributed by atoms with Crippen LogP contribution in [0.4, 0.5) is 5.69 Å². The normalized spacial score (nSPS) is 11.9. The first-order valence-corrected chi connectivity index (χ1v) is 13.0. The van der Waals surface area contributed by atoms with Crippen LogP contribution in [0.2, 0.25) is 0 Å². The molecule has 9 heteroatoms. The summed E-state index contributed by atoms with van der Waals surface area (Å²) in [5.41, 5.74) is 1.85. The molecule has 8 nitrogen and oxygen atoms in total. The number of rotatable bonds is 11. The number of nitrogens with one attached hydrogen (secondary N) is 1. The van der Waals surface area contributed by atoms with Crippen molar-refractivity contribution < 1.29 is 27.4 Å². The number of hydrogen-bond acceptors (Lipinski definition) is 6. The maximum atomic E-state index is 13.9. The average molecular weight is 513 g/mol. The van der Waals surface area contributed by atoms with Gasteiger partial charge in [0.1, 0.15) is 28.7 Å². The van der Waals surface area contributed by atoms with Crippen LogP contribution < -0.4 is 23.8 Å². The van der Waals surface area contributed by atoms with Gasteiger partial charge in [-0.15, -0.1) is 0 Å². The van der Waals surface area contributed by atoms with E-state index in [4.69, 9.17) is 14.2 Å². The molecule has 1 unspecified atom stereocenters. The van der Waals surface area contributed by atoms with Gasteiger partial charge in [0.2, 0.25) is 5.91 Å². The zero-order valence-electron chi connectivity index (χ0n) is 21.1. The lowest BCUT2D eigenvalue weighted by atomic mass is 10.1. The Morgan fingerprint density at radius 2 is 1.64 bits per heavy atom. The third-order valence-electron chi connectivity index (χ3n) is 5.59. The number of carbonyl (C=O) groups is 1. The lowest BCUT2D eigenvalue weighted by molar-refractivity contribution is -0.120. The summed E-state index contributed by atoms with van der Waals surface area (Å²) in [6.07, 6.45) is 0. The van der Waals surface area contributed by atoms with Crippen molar-refractivity contribution >= 4 is 21.6 Å². The number of aryl methyl sites for hydroxylation is 1. The fourth-order valence-corrected chi connectivity index (χ4v) is 5.48. The van der Waals surface area contributed by atoms with E-state index in [1.54, 1.807) is 56.5 Å². The topological polar surface area (TPSA) is 94.2 Å². The van der Waals surface area contributed by atoms with Crippen molar-refractivity contribution in [3.8, 4) is 17.2 Å². The van der Waals surface area contributed by atoms with Gasteiger partial charge in [0.15, 0.2) is 0 Å². The zero-order valence-corrected chi connectivity index (χ0v) is 22.0. The Morgan fingerprint density at radius 3 is 2.28 bits per heavy atom. The highest BCUT2D eigenvalue weighted by Gasteiger charge is 2.31. The second-order valence-electron chi connectivity index (χ2n) is 8.12. The molecule has 0 fully saturated rings. The van der Waals surface area contributed by atoms with Gasteiger partial charge in [-0.05, 0) is 68.8 Å². The molecule has 0 heterocycles. The number of para-hydroxylation sites is 1. The first kappa shape index (κ1) is 26.9. The Labute approximate surface area is 212 Å². The molecule has 1 atom stereocenters. The lowest BCUT2D eigenvalue weighted by Gasteiger charge is -2.26. The molecule has 1 amide bonds. The van der Waals surface area contributed by atoms with Crippen molar-refractivity contribution in [1.29, 1.82) is 0 Å². The molecule has 192 valence electrons. The summed E-state index contributed by atoms with van der Waals surface area (Å²) in [6, 6.07) is 18.4. The number of benzene rings is 3. The fourth-order valence-electron chi connectivity index (χ4n) is 3.81. The molecule has 3 rings (SSSR count). The number of carbonyl (C=O) groups excluding carboxylic acids is 1. The number of ether oxygens (including phenoxy) is 3. The summed E-state index contributed by atoms with van der Waals surface area (Å²) in [5.74, 6) is 0.948. The van der Waals surface area contributed by atoms with Crippen LogP contribution in [0.5, 0.6) is 17.2 Å². The van der Waals surface area contributed by atoms with Gasteiger partial charge >= 0.3 is 0 Å². The van der Waals surface area contributed by atoms with Crippen LogP contribution in [0.3, 0.4) is 0 Å². The average Bonchev–Trinajstić information content (AvgIpc) is 2.87. The van der Waals surface area contributed by atoms with Crippen LogP contribution in [0.15, 0.2) is 71.6 Å². The third-order valence-corrected chi connectivity index (χ3v) is 7.39. The molecule has 0 spiro atoms. The van der Waals surface area contributed by atoms with Gasteiger partial charge in [-0.2, -0.15) is 0 Å². The number of sulfonamides is 1. The van der Waals surface area contributed by atoms with Gasteiger partial charge in [-0.1, -0.05) is 24.3 Å². The van der Waals surface area contributed by atoms with E-state index in [2.05, 4.69) is 5.32 Å². The Kier molecular flexibility index (Phi) is 8.82. The number of hydrogen-bond donors (Lipinski definition) is 1. The predicted octanol–water partition coefficient (Wildman–Crippen LogP) is 4.48. The first-order chi connectivity index (χ1) is 17.2. The lowest BCUT2D eigenvalue weighted by Crippen LogP contribution is -2.41. The van der Waals surface area contributed by atoms with E-state index < -0.39 is 28.5 Å². The molecular weight excluding hydrogens is 480 g/mol. The van der Waals surface area contributed by atoms with Crippen LogP contribution in [0.25, 0.3) is 0 Å². The van der Waals surface area contributed by atoms with Crippen LogP contribution in [-0.2, 0) is 14.8 Å². The van der Waals surface area contributed by atoms with E-state index in [0.717, 1.165) is 15.4 Å². The van der Waals surface area contributed by atoms with Crippen LogP contribution >= 0.6 is 0 Å². The maximum absolute atomic E-state index is 13.9. The molecule has 1 N–H and O–H groups in total. The van der Waals surface area contributed by atoms with Crippen molar-refractivity contribution in [2.75, 3.05) is 31.7 Å². The quantitative estimate of drug-likeness (QED) is 0.407. The molecule has 0 radical (unpaired) electrons. The largest absolute Gasteiger partial charge is 0.496 e. The van der Waals surface area contributed by atoms with E-state index in [1.165, 1.54) is 13.2 Å². The van der Waals surface area contributed by atoms with Crippen molar-refractivity contribution in [2.24, 2.45) is 0 Å². The van der Waals surface area contributed by atoms with E-state index in [9.17, 15) is 13.2 Å². The summed E-state index contributed by atoms with van der Waals surface area (Å²) in [6.45, 7) is 5.51. The Morgan fingerprint density at radius 1 is 0.972 bits per heavy atom. The third kappa shape index (κ3) is 6.09. The smallest absolute Gasteiger partial charge is 0.268 e. The van der Waals surface area contributed by atoms with Gasteiger partial charge in [0.25, 0.3) is 10.0 Å².